The van der Waals surface area contributed by atoms with E-state index in [1.165, 1.54) is 44.9 Å². The molecule has 43 heavy (non-hydrogen) atoms. The summed E-state index contributed by atoms with van der Waals surface area (Å²) in [4.78, 5) is 27.4. The highest BCUT2D eigenvalue weighted by Gasteiger charge is 2.69. The average molecular weight is 600 g/mol. The molecule has 0 bridgehead atoms. The molecule has 2 amide bonds. The van der Waals surface area contributed by atoms with Crippen molar-refractivity contribution >= 4 is 11.8 Å². The number of hydrogen-bond acceptors (Lipinski definition) is 6. The summed E-state index contributed by atoms with van der Waals surface area (Å²) >= 11 is 0. The van der Waals surface area contributed by atoms with Gasteiger partial charge in [0.2, 0.25) is 11.8 Å². The first-order valence-corrected chi connectivity index (χ1v) is 17.8. The van der Waals surface area contributed by atoms with Gasteiger partial charge in [0, 0.05) is 31.5 Å². The van der Waals surface area contributed by atoms with Crippen molar-refractivity contribution in [1.82, 2.24) is 15.5 Å². The third-order valence-corrected chi connectivity index (χ3v) is 14.2. The Kier molecular flexibility index (Phi) is 8.17. The first kappa shape index (κ1) is 30.4. The van der Waals surface area contributed by atoms with Crippen LogP contribution in [0.3, 0.4) is 0 Å². The highest BCUT2D eigenvalue weighted by atomic mass is 16.7. The lowest BCUT2D eigenvalue weighted by Gasteiger charge is -2.61. The number of morpholine rings is 1. The smallest absolute Gasteiger partial charge is 0.230 e. The Morgan fingerprint density at radius 2 is 1.67 bits per heavy atom. The lowest BCUT2D eigenvalue weighted by Crippen LogP contribution is -2.56. The number of nitrogens with zero attached hydrogens (tertiary/aromatic N) is 1. The number of carbonyl (C=O) groups excluding carboxylic acids is 2. The van der Waals surface area contributed by atoms with E-state index in [-0.39, 0.29) is 30.1 Å². The average Bonchev–Trinajstić information content (AvgIpc) is 3.44. The predicted molar refractivity (Wildman–Crippen MR) is 164 cm³/mol. The molecular weight excluding hydrogens is 542 g/mol. The topological polar surface area (TPSA) is 89.1 Å². The second-order valence-corrected chi connectivity index (χ2v) is 16.4. The van der Waals surface area contributed by atoms with E-state index in [9.17, 15) is 9.59 Å². The zero-order chi connectivity index (χ0) is 30.0. The molecule has 3 heterocycles. The van der Waals surface area contributed by atoms with Crippen LogP contribution in [0.25, 0.3) is 0 Å². The van der Waals surface area contributed by atoms with E-state index in [0.29, 0.717) is 60.5 Å². The van der Waals surface area contributed by atoms with Crippen LogP contribution in [0.4, 0.5) is 0 Å². The van der Waals surface area contributed by atoms with Crippen molar-refractivity contribution in [2.45, 2.75) is 116 Å². The first-order chi connectivity index (χ1) is 20.6. The zero-order valence-corrected chi connectivity index (χ0v) is 27.2. The molecule has 2 N–H and O–H groups in total. The molecule has 8 nitrogen and oxygen atoms in total. The van der Waals surface area contributed by atoms with Crippen molar-refractivity contribution in [2.24, 2.45) is 52.3 Å². The molecule has 3 saturated heterocycles. The number of ether oxygens (including phenoxy) is 3. The summed E-state index contributed by atoms with van der Waals surface area (Å²) in [7, 11) is 0. The van der Waals surface area contributed by atoms with E-state index in [4.69, 9.17) is 14.2 Å². The highest BCUT2D eigenvalue weighted by molar-refractivity contribution is 5.96. The van der Waals surface area contributed by atoms with Crippen LogP contribution in [0.1, 0.15) is 98.3 Å². The summed E-state index contributed by atoms with van der Waals surface area (Å²) in [6, 6.07) is 0.192. The summed E-state index contributed by atoms with van der Waals surface area (Å²) in [6.07, 6.45) is 12.3. The summed E-state index contributed by atoms with van der Waals surface area (Å²) in [5.41, 5.74) is 0.715. The van der Waals surface area contributed by atoms with Crippen LogP contribution in [0.2, 0.25) is 0 Å². The Balaban J connectivity index is 0.940. The van der Waals surface area contributed by atoms with Crippen molar-refractivity contribution in [2.75, 3.05) is 39.6 Å². The van der Waals surface area contributed by atoms with Crippen molar-refractivity contribution in [1.29, 1.82) is 0 Å². The Morgan fingerprint density at radius 3 is 2.44 bits per heavy atom. The van der Waals surface area contributed by atoms with Gasteiger partial charge in [0.15, 0.2) is 5.79 Å². The molecule has 0 radical (unpaired) electrons. The molecule has 4 aliphatic carbocycles. The van der Waals surface area contributed by atoms with Crippen LogP contribution < -0.4 is 10.6 Å². The summed E-state index contributed by atoms with van der Waals surface area (Å²) in [5.74, 6) is 4.08. The fourth-order valence-electron chi connectivity index (χ4n) is 11.9. The molecule has 3 aliphatic heterocycles. The number of hydrogen-bond donors (Lipinski definition) is 2. The maximum atomic E-state index is 12.8. The lowest BCUT2D eigenvalue weighted by molar-refractivity contribution is -0.273. The molecule has 0 aromatic carbocycles. The van der Waals surface area contributed by atoms with E-state index >= 15 is 0 Å². The number of fused-ring (bicyclic) bond motifs is 7. The molecule has 8 heteroatoms. The van der Waals surface area contributed by atoms with Gasteiger partial charge >= 0.3 is 0 Å². The number of carbonyl (C=O) groups is 2. The van der Waals surface area contributed by atoms with Gasteiger partial charge in [0.1, 0.15) is 6.42 Å². The molecule has 12 atom stereocenters. The van der Waals surface area contributed by atoms with E-state index in [0.717, 1.165) is 56.7 Å². The second-order valence-electron chi connectivity index (χ2n) is 16.4. The minimum Gasteiger partial charge on any atom is -0.379 e. The predicted octanol–water partition coefficient (Wildman–Crippen LogP) is 4.71. The van der Waals surface area contributed by atoms with Gasteiger partial charge in [0.05, 0.1) is 32.6 Å². The molecule has 242 valence electrons. The van der Waals surface area contributed by atoms with Gasteiger partial charge in [0.25, 0.3) is 0 Å². The first-order valence-electron chi connectivity index (χ1n) is 17.8. The monoisotopic (exact) mass is 599 g/mol. The molecule has 7 rings (SSSR count). The zero-order valence-electron chi connectivity index (χ0n) is 27.2. The third kappa shape index (κ3) is 5.28. The largest absolute Gasteiger partial charge is 0.379 e. The second kappa shape index (κ2) is 11.5. The van der Waals surface area contributed by atoms with Gasteiger partial charge in [-0.3, -0.25) is 14.5 Å². The van der Waals surface area contributed by atoms with Crippen LogP contribution in [0, 0.1) is 52.3 Å². The Hall–Kier alpha value is -1.22. The van der Waals surface area contributed by atoms with E-state index in [1.807, 2.05) is 0 Å². The van der Waals surface area contributed by atoms with E-state index in [1.54, 1.807) is 0 Å². The molecule has 1 spiro atoms. The van der Waals surface area contributed by atoms with E-state index < -0.39 is 0 Å². The summed E-state index contributed by atoms with van der Waals surface area (Å²) in [6.45, 7) is 14.3. The SMILES string of the molecule is C[C@@H]1CC[C@@]2(OC1)O[C@H]1C[C@H]3[C@@H]4CC[C@H]5C[C@H](NC(=O)CC(=O)NCN6CCOCC6)CC[C@]5(C)[C@H]4CC[C@]3(C)[C@H]1[C@@H]2C. The summed E-state index contributed by atoms with van der Waals surface area (Å²) in [5, 5.41) is 6.17. The normalized spacial score (nSPS) is 49.4. The van der Waals surface area contributed by atoms with Crippen molar-refractivity contribution in [3.8, 4) is 0 Å². The minimum absolute atomic E-state index is 0.0814. The third-order valence-electron chi connectivity index (χ3n) is 14.2. The van der Waals surface area contributed by atoms with Crippen LogP contribution in [0.15, 0.2) is 0 Å². The molecule has 0 unspecified atom stereocenters. The molecule has 0 aromatic rings. The van der Waals surface area contributed by atoms with Gasteiger partial charge in [-0.25, -0.2) is 0 Å². The van der Waals surface area contributed by atoms with Crippen LogP contribution in [-0.4, -0.2) is 74.2 Å². The molecule has 0 aromatic heterocycles. The standard InChI is InChI=1S/C35H57N3O5/c1-22-7-12-35(42-20-22)23(2)32-29(43-35)18-28-26-6-5-24-17-25(8-10-33(24,3)27(26)9-11-34(28,32)4)37-31(40)19-30(39)36-21-38-13-15-41-16-14-38/h22-29,32H,5-21H2,1-4H3,(H,36,39)(H,37,40)/t22-,23+,24+,25-,26-,27+,28+,29+,32+,33+,34+,35-/m1/s1. The Morgan fingerprint density at radius 1 is 0.884 bits per heavy atom. The quantitative estimate of drug-likeness (QED) is 0.445. The highest BCUT2D eigenvalue weighted by Crippen LogP contribution is 2.71. The van der Waals surface area contributed by atoms with Gasteiger partial charge < -0.3 is 24.8 Å². The fourth-order valence-corrected chi connectivity index (χ4v) is 11.9. The van der Waals surface area contributed by atoms with E-state index in [2.05, 4.69) is 43.2 Å². The number of amides is 2. The minimum atomic E-state index is -0.331. The van der Waals surface area contributed by atoms with Crippen molar-refractivity contribution in [3.05, 3.63) is 0 Å². The number of rotatable bonds is 5. The Labute approximate surface area is 259 Å². The maximum absolute atomic E-state index is 12.8. The van der Waals surface area contributed by atoms with Crippen LogP contribution >= 0.6 is 0 Å². The number of nitrogens with one attached hydrogen (secondary N) is 2. The van der Waals surface area contributed by atoms with Crippen molar-refractivity contribution in [3.63, 3.8) is 0 Å². The van der Waals surface area contributed by atoms with Crippen LogP contribution in [-0.2, 0) is 23.8 Å². The molecule has 7 aliphatic rings. The van der Waals surface area contributed by atoms with Gasteiger partial charge in [-0.15, -0.1) is 0 Å². The molecule has 4 saturated carbocycles. The van der Waals surface area contributed by atoms with Crippen LogP contribution in [0.5, 0.6) is 0 Å². The maximum Gasteiger partial charge on any atom is 0.230 e. The van der Waals surface area contributed by atoms with Gasteiger partial charge in [-0.05, 0) is 104 Å². The lowest BCUT2D eigenvalue weighted by atomic mass is 9.44. The van der Waals surface area contributed by atoms with Gasteiger partial charge in [-0.1, -0.05) is 27.7 Å². The Bertz CT molecular complexity index is 1060. The van der Waals surface area contributed by atoms with Crippen molar-refractivity contribution < 1.29 is 23.8 Å². The molecule has 7 fully saturated rings. The summed E-state index contributed by atoms with van der Waals surface area (Å²) < 4.78 is 18.9. The molecular formula is C35H57N3O5. The van der Waals surface area contributed by atoms with Gasteiger partial charge in [-0.2, -0.15) is 0 Å². The fraction of sp³-hybridized carbons (Fsp3) is 0.943.